The van der Waals surface area contributed by atoms with E-state index in [1.165, 1.54) is 18.4 Å². The van der Waals surface area contributed by atoms with Crippen molar-refractivity contribution in [1.82, 2.24) is 0 Å². The van der Waals surface area contributed by atoms with Gasteiger partial charge < -0.3 is 0 Å². The van der Waals surface area contributed by atoms with Gasteiger partial charge in [0.1, 0.15) is 0 Å². The van der Waals surface area contributed by atoms with Crippen molar-refractivity contribution in [3.05, 3.63) is 36.0 Å². The first-order valence-electron chi connectivity index (χ1n) is 4.34. The van der Waals surface area contributed by atoms with Gasteiger partial charge in [-0.2, -0.15) is 0 Å². The molecule has 0 radical (unpaired) electrons. The predicted octanol–water partition coefficient (Wildman–Crippen LogP) is 3.48. The molecule has 0 atom stereocenters. The summed E-state index contributed by atoms with van der Waals surface area (Å²) in [6.45, 7) is 4.46. The maximum absolute atomic E-state index is 2.26. The zero-order valence-electron chi connectivity index (χ0n) is 7.38. The van der Waals surface area contributed by atoms with Gasteiger partial charge in [0.2, 0.25) is 0 Å². The van der Waals surface area contributed by atoms with Crippen LogP contribution in [-0.4, -0.2) is 0 Å². The highest BCUT2D eigenvalue weighted by atomic mass is 14.0. The van der Waals surface area contributed by atoms with E-state index in [1.54, 1.807) is 0 Å². The largest absolute Gasteiger partial charge is 0.0842 e. The molecule has 0 saturated carbocycles. The van der Waals surface area contributed by atoms with Gasteiger partial charge in [-0.3, -0.25) is 0 Å². The highest BCUT2D eigenvalue weighted by Gasteiger charge is 1.97. The first-order chi connectivity index (χ1) is 5.30. The van der Waals surface area contributed by atoms with Crippen LogP contribution in [-0.2, 0) is 0 Å². The van der Waals surface area contributed by atoms with Gasteiger partial charge in [0.25, 0.3) is 0 Å². The minimum Gasteiger partial charge on any atom is -0.0842 e. The lowest BCUT2D eigenvalue weighted by atomic mass is 10.0. The first-order valence-corrected chi connectivity index (χ1v) is 4.34. The summed E-state index contributed by atoms with van der Waals surface area (Å²) in [5.74, 6) is 0.647. The monoisotopic (exact) mass is 148 g/mol. The van der Waals surface area contributed by atoms with Crippen molar-refractivity contribution in [2.75, 3.05) is 0 Å². The summed E-state index contributed by atoms with van der Waals surface area (Å²) in [5, 5.41) is 0. The molecule has 0 heterocycles. The van der Waals surface area contributed by atoms with E-state index in [2.05, 4.69) is 44.2 Å². The Morgan fingerprint density at radius 3 is 2.64 bits per heavy atom. The maximum Gasteiger partial charge on any atom is -0.0219 e. The van der Waals surface area contributed by atoms with Gasteiger partial charge in [0, 0.05) is 0 Å². The molecular weight excluding hydrogens is 132 g/mol. The molecule has 60 valence electrons. The lowest BCUT2D eigenvalue weighted by Crippen LogP contribution is -1.90. The summed E-state index contributed by atoms with van der Waals surface area (Å²) in [4.78, 5) is 0. The van der Waals surface area contributed by atoms with E-state index in [0.29, 0.717) is 5.92 Å². The number of hydrogen-bond acceptors (Lipinski definition) is 0. The van der Waals surface area contributed by atoms with Crippen molar-refractivity contribution in [2.24, 2.45) is 5.92 Å². The van der Waals surface area contributed by atoms with Gasteiger partial charge in [-0.1, -0.05) is 44.2 Å². The van der Waals surface area contributed by atoms with Crippen molar-refractivity contribution >= 4 is 0 Å². The molecule has 0 N–H and O–H groups in total. The third-order valence-corrected chi connectivity index (χ3v) is 1.90. The molecule has 0 amide bonds. The first kappa shape index (κ1) is 8.32. The van der Waals surface area contributed by atoms with Gasteiger partial charge >= 0.3 is 0 Å². The Bertz CT molecular complexity index is 192. The quantitative estimate of drug-likeness (QED) is 0.534. The molecule has 1 aliphatic carbocycles. The van der Waals surface area contributed by atoms with Crippen molar-refractivity contribution in [3.63, 3.8) is 0 Å². The van der Waals surface area contributed by atoms with Crippen LogP contribution in [0.2, 0.25) is 0 Å². The molecule has 0 aromatic rings. The topological polar surface area (TPSA) is 0 Å². The van der Waals surface area contributed by atoms with Crippen molar-refractivity contribution < 1.29 is 0 Å². The normalized spacial score (nSPS) is 28.5. The summed E-state index contributed by atoms with van der Waals surface area (Å²) < 4.78 is 0. The Morgan fingerprint density at radius 2 is 1.91 bits per heavy atom. The fourth-order valence-corrected chi connectivity index (χ4v) is 1.13. The molecule has 0 aromatic carbocycles. The standard InChI is InChI=1S/C11H16/c1-10(2)11-8-6-4-3-5-7-9-11/h4,6-10H,3,5H2,1-2H3/b6-4-,9-7-,11-8+. The molecule has 0 aromatic heterocycles. The molecule has 0 heteroatoms. The minimum atomic E-state index is 0.647. The van der Waals surface area contributed by atoms with Crippen LogP contribution in [0.15, 0.2) is 36.0 Å². The molecule has 0 saturated heterocycles. The van der Waals surface area contributed by atoms with Crippen LogP contribution < -0.4 is 0 Å². The average Bonchev–Trinajstić information content (AvgIpc) is 1.84. The summed E-state index contributed by atoms with van der Waals surface area (Å²) in [6, 6.07) is 0. The molecule has 0 spiro atoms. The van der Waals surface area contributed by atoms with Gasteiger partial charge in [0.15, 0.2) is 0 Å². The van der Waals surface area contributed by atoms with E-state index in [4.69, 9.17) is 0 Å². The van der Waals surface area contributed by atoms with Crippen molar-refractivity contribution in [3.8, 4) is 0 Å². The zero-order valence-corrected chi connectivity index (χ0v) is 7.38. The molecule has 0 fully saturated rings. The van der Waals surface area contributed by atoms with Crippen LogP contribution in [0, 0.1) is 5.92 Å². The van der Waals surface area contributed by atoms with Crippen LogP contribution in [0.3, 0.4) is 0 Å². The minimum absolute atomic E-state index is 0.647. The molecule has 0 aliphatic heterocycles. The van der Waals surface area contributed by atoms with Crippen LogP contribution in [0.1, 0.15) is 26.7 Å². The molecule has 0 unspecified atom stereocenters. The summed E-state index contributed by atoms with van der Waals surface area (Å²) >= 11 is 0. The van der Waals surface area contributed by atoms with E-state index >= 15 is 0 Å². The van der Waals surface area contributed by atoms with Crippen LogP contribution in [0.4, 0.5) is 0 Å². The Labute approximate surface area is 69.3 Å². The SMILES string of the molecule is CC(C)C1=C/C=C\CC/C=C\1. The van der Waals surface area contributed by atoms with E-state index < -0.39 is 0 Å². The van der Waals surface area contributed by atoms with Crippen molar-refractivity contribution in [1.29, 1.82) is 0 Å². The lowest BCUT2D eigenvalue weighted by Gasteiger charge is -2.05. The molecule has 0 nitrogen and oxygen atoms in total. The summed E-state index contributed by atoms with van der Waals surface area (Å²) in [6.07, 6.45) is 13.5. The molecule has 0 bridgehead atoms. The third-order valence-electron chi connectivity index (χ3n) is 1.90. The fourth-order valence-electron chi connectivity index (χ4n) is 1.13. The summed E-state index contributed by atoms with van der Waals surface area (Å²) in [7, 11) is 0. The van der Waals surface area contributed by atoms with E-state index in [1.807, 2.05) is 0 Å². The molecular formula is C11H16. The lowest BCUT2D eigenvalue weighted by molar-refractivity contribution is 0.789. The Morgan fingerprint density at radius 1 is 1.18 bits per heavy atom. The molecule has 1 rings (SSSR count). The smallest absolute Gasteiger partial charge is 0.0219 e. The van der Waals surface area contributed by atoms with E-state index in [0.717, 1.165) is 0 Å². The van der Waals surface area contributed by atoms with Gasteiger partial charge in [0.05, 0.1) is 0 Å². The second-order valence-electron chi connectivity index (χ2n) is 3.23. The second kappa shape index (κ2) is 4.17. The average molecular weight is 148 g/mol. The highest BCUT2D eigenvalue weighted by Crippen LogP contribution is 2.13. The van der Waals surface area contributed by atoms with Crippen LogP contribution in [0.5, 0.6) is 0 Å². The zero-order chi connectivity index (χ0) is 8.10. The Kier molecular flexibility index (Phi) is 3.15. The van der Waals surface area contributed by atoms with Gasteiger partial charge in [-0.05, 0) is 24.3 Å². The number of hydrogen-bond donors (Lipinski definition) is 0. The fraction of sp³-hybridized carbons (Fsp3) is 0.455. The molecule has 11 heavy (non-hydrogen) atoms. The Balaban J connectivity index is 2.73. The van der Waals surface area contributed by atoms with Gasteiger partial charge in [-0.15, -0.1) is 0 Å². The van der Waals surface area contributed by atoms with Crippen molar-refractivity contribution in [2.45, 2.75) is 26.7 Å². The predicted molar refractivity (Wildman–Crippen MR) is 50.4 cm³/mol. The second-order valence-corrected chi connectivity index (χ2v) is 3.23. The molecule has 1 aliphatic rings. The number of rotatable bonds is 1. The maximum atomic E-state index is 2.26. The Hall–Kier alpha value is -0.780. The van der Waals surface area contributed by atoms with E-state index in [9.17, 15) is 0 Å². The van der Waals surface area contributed by atoms with Crippen LogP contribution in [0.25, 0.3) is 0 Å². The third kappa shape index (κ3) is 2.75. The van der Waals surface area contributed by atoms with Crippen LogP contribution >= 0.6 is 0 Å². The highest BCUT2D eigenvalue weighted by molar-refractivity contribution is 5.26. The number of allylic oxidation sites excluding steroid dienone is 6. The van der Waals surface area contributed by atoms with Gasteiger partial charge in [-0.25, -0.2) is 0 Å². The van der Waals surface area contributed by atoms with E-state index in [-0.39, 0.29) is 0 Å². The summed E-state index contributed by atoms with van der Waals surface area (Å²) in [5.41, 5.74) is 1.43.